The van der Waals surface area contributed by atoms with Gasteiger partial charge < -0.3 is 5.11 Å². The van der Waals surface area contributed by atoms with Crippen LogP contribution in [0.25, 0.3) is 0 Å². The van der Waals surface area contributed by atoms with Gasteiger partial charge in [0.2, 0.25) is 11.7 Å². The number of hydrazone groups is 1. The number of fused-ring (bicyclic) bond motifs is 1. The zero-order chi connectivity index (χ0) is 24.0. The summed E-state index contributed by atoms with van der Waals surface area (Å²) in [7, 11) is 0. The van der Waals surface area contributed by atoms with E-state index in [-0.39, 0.29) is 17.0 Å². The fraction of sp³-hybridized carbons (Fsp3) is 0.0800. The molecule has 0 unspecified atom stereocenters. The fourth-order valence-electron chi connectivity index (χ4n) is 4.15. The number of carboxylic acid groups (broad SMARTS) is 1. The number of anilines is 2. The number of amides is 2. The van der Waals surface area contributed by atoms with Crippen LogP contribution in [-0.2, 0) is 9.59 Å². The second-order valence-corrected chi connectivity index (χ2v) is 8.22. The van der Waals surface area contributed by atoms with Crippen molar-refractivity contribution in [1.82, 2.24) is 0 Å². The number of halogens is 1. The van der Waals surface area contributed by atoms with Crippen LogP contribution in [0.3, 0.4) is 0 Å². The molecule has 2 amide bonds. The van der Waals surface area contributed by atoms with Gasteiger partial charge in [0.25, 0.3) is 5.91 Å². The molecule has 3 aromatic rings. The van der Waals surface area contributed by atoms with E-state index >= 15 is 0 Å². The normalized spacial score (nSPS) is 19.3. The van der Waals surface area contributed by atoms with E-state index in [4.69, 9.17) is 16.7 Å². The van der Waals surface area contributed by atoms with Crippen molar-refractivity contribution in [3.05, 3.63) is 95.0 Å². The SMILES string of the molecule is O=C(O)c1ccc(N2C(=O)[C@@H]3C(C(=O)c4ccc(Cl)cc4)=NN(c4ccccc4)[C@H]3C2=O)cc1. The van der Waals surface area contributed by atoms with Crippen LogP contribution in [0.4, 0.5) is 11.4 Å². The van der Waals surface area contributed by atoms with Crippen LogP contribution in [0.1, 0.15) is 20.7 Å². The van der Waals surface area contributed by atoms with Crippen molar-refractivity contribution in [2.24, 2.45) is 11.0 Å². The summed E-state index contributed by atoms with van der Waals surface area (Å²) in [6.45, 7) is 0. The van der Waals surface area contributed by atoms with Crippen molar-refractivity contribution in [3.8, 4) is 0 Å². The minimum absolute atomic E-state index is 0.0223. The van der Waals surface area contributed by atoms with Crippen molar-refractivity contribution >= 4 is 52.3 Å². The number of nitrogens with zero attached hydrogens (tertiary/aromatic N) is 3. The Morgan fingerprint density at radius 2 is 1.41 bits per heavy atom. The number of carbonyl (C=O) groups excluding carboxylic acids is 3. The van der Waals surface area contributed by atoms with Crippen LogP contribution in [0, 0.1) is 5.92 Å². The molecule has 0 aliphatic carbocycles. The Kier molecular flexibility index (Phi) is 5.22. The summed E-state index contributed by atoms with van der Waals surface area (Å²) >= 11 is 5.94. The molecule has 1 fully saturated rings. The van der Waals surface area contributed by atoms with Gasteiger partial charge in [0.1, 0.15) is 17.7 Å². The topological polar surface area (TPSA) is 107 Å². The highest BCUT2D eigenvalue weighted by molar-refractivity contribution is 6.53. The summed E-state index contributed by atoms with van der Waals surface area (Å²) in [6.07, 6.45) is 0. The molecule has 5 rings (SSSR count). The summed E-state index contributed by atoms with van der Waals surface area (Å²) in [5, 5.41) is 15.4. The molecule has 0 radical (unpaired) electrons. The number of hydrogen-bond acceptors (Lipinski definition) is 6. The lowest BCUT2D eigenvalue weighted by molar-refractivity contribution is -0.121. The Balaban J connectivity index is 1.58. The number of aromatic carboxylic acids is 1. The van der Waals surface area contributed by atoms with E-state index in [1.807, 2.05) is 0 Å². The smallest absolute Gasteiger partial charge is 0.335 e. The van der Waals surface area contributed by atoms with Crippen LogP contribution in [0.15, 0.2) is 84.0 Å². The molecule has 3 aromatic carbocycles. The average molecular weight is 474 g/mol. The maximum atomic E-state index is 13.5. The van der Waals surface area contributed by atoms with Crippen LogP contribution >= 0.6 is 11.6 Å². The maximum Gasteiger partial charge on any atom is 0.335 e. The Labute approximate surface area is 198 Å². The third-order valence-corrected chi connectivity index (χ3v) is 6.03. The Hall–Kier alpha value is -4.30. The van der Waals surface area contributed by atoms with Gasteiger partial charge in [0.05, 0.1) is 16.9 Å². The quantitative estimate of drug-likeness (QED) is 0.447. The lowest BCUT2D eigenvalue weighted by Gasteiger charge is -2.22. The first-order chi connectivity index (χ1) is 16.4. The summed E-state index contributed by atoms with van der Waals surface area (Å²) in [4.78, 5) is 52.5. The first kappa shape index (κ1) is 21.5. The first-order valence-electron chi connectivity index (χ1n) is 10.3. The summed E-state index contributed by atoms with van der Waals surface area (Å²) < 4.78 is 0. The van der Waals surface area contributed by atoms with Crippen molar-refractivity contribution in [3.63, 3.8) is 0 Å². The van der Waals surface area contributed by atoms with Gasteiger partial charge in [-0.3, -0.25) is 19.4 Å². The Morgan fingerprint density at radius 3 is 2.03 bits per heavy atom. The maximum absolute atomic E-state index is 13.5. The predicted octanol–water partition coefficient (Wildman–Crippen LogP) is 3.66. The molecule has 0 saturated carbocycles. The van der Waals surface area contributed by atoms with Gasteiger partial charge in [0, 0.05) is 10.6 Å². The number of carboxylic acids is 1. The van der Waals surface area contributed by atoms with Crippen molar-refractivity contribution in [2.45, 2.75) is 6.04 Å². The van der Waals surface area contributed by atoms with Gasteiger partial charge in [-0.1, -0.05) is 29.8 Å². The van der Waals surface area contributed by atoms with Gasteiger partial charge in [-0.05, 0) is 60.7 Å². The van der Waals surface area contributed by atoms with Gasteiger partial charge in [-0.25, -0.2) is 9.69 Å². The van der Waals surface area contributed by atoms with E-state index in [0.29, 0.717) is 16.3 Å². The molecule has 168 valence electrons. The van der Waals surface area contributed by atoms with Gasteiger partial charge in [0.15, 0.2) is 0 Å². The van der Waals surface area contributed by atoms with E-state index in [1.165, 1.54) is 41.4 Å². The number of Topliss-reactive ketones (excluding diaryl/α,β-unsaturated/α-hetero) is 1. The molecule has 2 heterocycles. The van der Waals surface area contributed by atoms with Crippen LogP contribution < -0.4 is 9.91 Å². The summed E-state index contributed by atoms with van der Waals surface area (Å²) in [5.74, 6) is -3.87. The molecule has 1 N–H and O–H groups in total. The Bertz CT molecular complexity index is 1350. The highest BCUT2D eigenvalue weighted by Gasteiger charge is 2.58. The Morgan fingerprint density at radius 1 is 0.794 bits per heavy atom. The largest absolute Gasteiger partial charge is 0.478 e. The van der Waals surface area contributed by atoms with E-state index in [9.17, 15) is 19.2 Å². The van der Waals surface area contributed by atoms with Crippen molar-refractivity contribution in [2.75, 3.05) is 9.91 Å². The molecule has 9 heteroatoms. The molecular formula is C25H16ClN3O5. The molecule has 0 spiro atoms. The minimum atomic E-state index is -1.12. The highest BCUT2D eigenvalue weighted by Crippen LogP contribution is 2.38. The number of ketones is 1. The molecule has 34 heavy (non-hydrogen) atoms. The van der Waals surface area contributed by atoms with Gasteiger partial charge >= 0.3 is 5.97 Å². The number of hydrogen-bond donors (Lipinski definition) is 1. The molecular weight excluding hydrogens is 458 g/mol. The molecule has 2 aliphatic heterocycles. The monoisotopic (exact) mass is 473 g/mol. The van der Waals surface area contributed by atoms with E-state index in [1.54, 1.807) is 42.5 Å². The van der Waals surface area contributed by atoms with E-state index in [0.717, 1.165) is 4.90 Å². The van der Waals surface area contributed by atoms with E-state index < -0.39 is 35.5 Å². The van der Waals surface area contributed by atoms with Crippen molar-refractivity contribution in [1.29, 1.82) is 0 Å². The zero-order valence-corrected chi connectivity index (χ0v) is 18.2. The third-order valence-electron chi connectivity index (χ3n) is 5.78. The van der Waals surface area contributed by atoms with Crippen molar-refractivity contribution < 1.29 is 24.3 Å². The standard InChI is InChI=1S/C25H16ClN3O5/c26-16-10-6-14(7-11-16)22(30)20-19-21(29(27-20)18-4-2-1-3-5-18)24(32)28(23(19)31)17-12-8-15(9-13-17)25(33)34/h1-13,19,21H,(H,33,34)/t19-,21-/m1/s1. The number of benzene rings is 3. The molecule has 8 nitrogen and oxygen atoms in total. The highest BCUT2D eigenvalue weighted by atomic mass is 35.5. The lowest BCUT2D eigenvalue weighted by atomic mass is 9.92. The fourth-order valence-corrected chi connectivity index (χ4v) is 4.28. The van der Waals surface area contributed by atoms with Crippen LogP contribution in [0.2, 0.25) is 5.02 Å². The van der Waals surface area contributed by atoms with Gasteiger partial charge in [-0.2, -0.15) is 5.10 Å². The number of imide groups is 1. The van der Waals surface area contributed by atoms with Crippen LogP contribution in [0.5, 0.6) is 0 Å². The summed E-state index contributed by atoms with van der Waals surface area (Å²) in [6, 6.07) is 19.4. The molecule has 2 aliphatic rings. The number of carbonyl (C=O) groups is 4. The number of rotatable bonds is 5. The average Bonchev–Trinajstić information content (AvgIpc) is 3.36. The molecule has 0 bridgehead atoms. The first-order valence-corrected chi connectivity index (χ1v) is 10.7. The lowest BCUT2D eigenvalue weighted by Crippen LogP contribution is -2.39. The number of para-hydroxylation sites is 1. The third kappa shape index (κ3) is 3.45. The minimum Gasteiger partial charge on any atom is -0.478 e. The van der Waals surface area contributed by atoms with Gasteiger partial charge in [-0.15, -0.1) is 0 Å². The second-order valence-electron chi connectivity index (χ2n) is 7.79. The zero-order valence-electron chi connectivity index (χ0n) is 17.5. The molecule has 0 aromatic heterocycles. The van der Waals surface area contributed by atoms with E-state index in [2.05, 4.69) is 5.10 Å². The van der Waals surface area contributed by atoms with Crippen LogP contribution in [-0.4, -0.2) is 40.4 Å². The summed E-state index contributed by atoms with van der Waals surface area (Å²) in [5.41, 5.74) is 1.05. The molecule has 1 saturated heterocycles. The molecule has 2 atom stereocenters. The second kappa shape index (κ2) is 8.24. The predicted molar refractivity (Wildman–Crippen MR) is 125 cm³/mol.